The Morgan fingerprint density at radius 1 is 1.57 bits per heavy atom. The van der Waals surface area contributed by atoms with E-state index < -0.39 is 6.09 Å². The van der Waals surface area contributed by atoms with Crippen molar-refractivity contribution in [1.82, 2.24) is 19.8 Å². The SMILES string of the molecule is CC(C)C(NC(=O)O)c1cn(C[C@@H]2CCCN2C)cn1.O=CO. The molecule has 0 radical (unpaired) electrons. The van der Waals surface area contributed by atoms with E-state index in [1.807, 2.05) is 20.0 Å². The number of nitrogens with zero attached hydrogens (tertiary/aromatic N) is 3. The molecule has 1 fully saturated rings. The molecule has 2 atom stereocenters. The zero-order chi connectivity index (χ0) is 17.4. The molecular formula is C15H26N4O4. The van der Waals surface area contributed by atoms with Crippen LogP contribution in [0.2, 0.25) is 0 Å². The van der Waals surface area contributed by atoms with Crippen LogP contribution in [0.15, 0.2) is 12.5 Å². The molecule has 0 saturated carbocycles. The highest BCUT2D eigenvalue weighted by Crippen LogP contribution is 2.21. The number of hydrogen-bond acceptors (Lipinski definition) is 4. The fourth-order valence-corrected chi connectivity index (χ4v) is 2.81. The number of nitrogens with one attached hydrogen (secondary N) is 1. The van der Waals surface area contributed by atoms with Crippen LogP contribution in [0.25, 0.3) is 0 Å². The lowest BCUT2D eigenvalue weighted by molar-refractivity contribution is -0.122. The molecule has 130 valence electrons. The average molecular weight is 326 g/mol. The molecule has 8 nitrogen and oxygen atoms in total. The summed E-state index contributed by atoms with van der Waals surface area (Å²) in [5, 5.41) is 18.3. The number of aromatic nitrogens is 2. The number of likely N-dealkylation sites (tertiary alicyclic amines) is 1. The quantitative estimate of drug-likeness (QED) is 0.710. The second-order valence-electron chi connectivity index (χ2n) is 6.05. The Bertz CT molecular complexity index is 503. The minimum Gasteiger partial charge on any atom is -0.483 e. The van der Waals surface area contributed by atoms with E-state index in [1.165, 1.54) is 12.8 Å². The Morgan fingerprint density at radius 3 is 2.70 bits per heavy atom. The topological polar surface area (TPSA) is 108 Å². The first-order valence-electron chi connectivity index (χ1n) is 7.68. The van der Waals surface area contributed by atoms with E-state index >= 15 is 0 Å². The van der Waals surface area contributed by atoms with Gasteiger partial charge in [-0.2, -0.15) is 0 Å². The molecule has 0 aromatic carbocycles. The van der Waals surface area contributed by atoms with E-state index in [9.17, 15) is 4.79 Å². The van der Waals surface area contributed by atoms with Gasteiger partial charge < -0.3 is 25.0 Å². The van der Waals surface area contributed by atoms with E-state index in [0.29, 0.717) is 6.04 Å². The van der Waals surface area contributed by atoms with Gasteiger partial charge in [-0.15, -0.1) is 0 Å². The highest BCUT2D eigenvalue weighted by atomic mass is 16.4. The summed E-state index contributed by atoms with van der Waals surface area (Å²) in [6, 6.07) is 0.303. The molecule has 1 aromatic heterocycles. The Balaban J connectivity index is 0.000000816. The van der Waals surface area contributed by atoms with Gasteiger partial charge in [0.2, 0.25) is 0 Å². The van der Waals surface area contributed by atoms with Gasteiger partial charge in [-0.05, 0) is 32.4 Å². The van der Waals surface area contributed by atoms with Gasteiger partial charge in [0.05, 0.1) is 18.1 Å². The summed E-state index contributed by atoms with van der Waals surface area (Å²) in [5.74, 6) is 0.170. The Kier molecular flexibility index (Phi) is 7.53. The summed E-state index contributed by atoms with van der Waals surface area (Å²) < 4.78 is 2.07. The predicted molar refractivity (Wildman–Crippen MR) is 85.3 cm³/mol. The van der Waals surface area contributed by atoms with Crippen molar-refractivity contribution in [3.8, 4) is 0 Å². The second kappa shape index (κ2) is 9.14. The zero-order valence-corrected chi connectivity index (χ0v) is 13.8. The highest BCUT2D eigenvalue weighted by Gasteiger charge is 2.23. The third-order valence-corrected chi connectivity index (χ3v) is 4.01. The molecule has 3 N–H and O–H groups in total. The van der Waals surface area contributed by atoms with Crippen molar-refractivity contribution in [2.75, 3.05) is 13.6 Å². The van der Waals surface area contributed by atoms with Crippen LogP contribution in [-0.4, -0.2) is 56.9 Å². The molecule has 8 heteroatoms. The molecular weight excluding hydrogens is 300 g/mol. The lowest BCUT2D eigenvalue weighted by atomic mass is 10.0. The molecule has 1 saturated heterocycles. The predicted octanol–water partition coefficient (Wildman–Crippen LogP) is 1.64. The van der Waals surface area contributed by atoms with Crippen LogP contribution in [0, 0.1) is 5.92 Å². The monoisotopic (exact) mass is 326 g/mol. The molecule has 0 spiro atoms. The number of carbonyl (C=O) groups is 2. The molecule has 1 amide bonds. The van der Waals surface area contributed by atoms with Gasteiger partial charge in [0, 0.05) is 18.8 Å². The number of likely N-dealkylation sites (N-methyl/N-ethyl adjacent to an activating group) is 1. The highest BCUT2D eigenvalue weighted by molar-refractivity contribution is 5.65. The van der Waals surface area contributed by atoms with Gasteiger partial charge in [-0.1, -0.05) is 13.8 Å². The van der Waals surface area contributed by atoms with Crippen molar-refractivity contribution in [2.24, 2.45) is 5.92 Å². The number of imidazole rings is 1. The van der Waals surface area contributed by atoms with Crippen molar-refractivity contribution in [1.29, 1.82) is 0 Å². The van der Waals surface area contributed by atoms with E-state index in [-0.39, 0.29) is 18.4 Å². The third-order valence-electron chi connectivity index (χ3n) is 4.01. The van der Waals surface area contributed by atoms with Crippen molar-refractivity contribution in [3.05, 3.63) is 18.2 Å². The molecule has 2 heterocycles. The van der Waals surface area contributed by atoms with Gasteiger partial charge in [0.15, 0.2) is 0 Å². The Morgan fingerprint density at radius 2 is 2.22 bits per heavy atom. The maximum atomic E-state index is 10.9. The first-order chi connectivity index (χ1) is 10.9. The van der Waals surface area contributed by atoms with E-state index in [0.717, 1.165) is 18.8 Å². The van der Waals surface area contributed by atoms with Gasteiger partial charge in [-0.3, -0.25) is 4.79 Å². The van der Waals surface area contributed by atoms with Crippen molar-refractivity contribution in [2.45, 2.75) is 45.3 Å². The lowest BCUT2D eigenvalue weighted by Gasteiger charge is -2.20. The molecule has 23 heavy (non-hydrogen) atoms. The molecule has 1 aromatic rings. The third kappa shape index (κ3) is 5.90. The largest absolute Gasteiger partial charge is 0.483 e. The fourth-order valence-electron chi connectivity index (χ4n) is 2.81. The molecule has 1 aliphatic heterocycles. The van der Waals surface area contributed by atoms with Gasteiger partial charge >= 0.3 is 6.09 Å². The first kappa shape index (κ1) is 19.0. The van der Waals surface area contributed by atoms with Crippen LogP contribution in [0.4, 0.5) is 4.79 Å². The molecule has 0 aliphatic carbocycles. The summed E-state index contributed by atoms with van der Waals surface area (Å²) in [7, 11) is 2.15. The van der Waals surface area contributed by atoms with Crippen LogP contribution in [0.5, 0.6) is 0 Å². The fraction of sp³-hybridized carbons (Fsp3) is 0.667. The molecule has 0 bridgehead atoms. The van der Waals surface area contributed by atoms with Crippen LogP contribution in [0.1, 0.15) is 38.4 Å². The average Bonchev–Trinajstić information content (AvgIpc) is 3.07. The number of amides is 1. The van der Waals surface area contributed by atoms with Crippen molar-refractivity contribution >= 4 is 12.6 Å². The molecule has 1 aliphatic rings. The zero-order valence-electron chi connectivity index (χ0n) is 13.8. The van der Waals surface area contributed by atoms with Crippen LogP contribution < -0.4 is 5.32 Å². The Labute approximate surface area is 136 Å². The van der Waals surface area contributed by atoms with Crippen LogP contribution >= 0.6 is 0 Å². The van der Waals surface area contributed by atoms with Crippen LogP contribution in [0.3, 0.4) is 0 Å². The van der Waals surface area contributed by atoms with Crippen molar-refractivity contribution in [3.63, 3.8) is 0 Å². The molecule has 1 unspecified atom stereocenters. The second-order valence-corrected chi connectivity index (χ2v) is 6.05. The van der Waals surface area contributed by atoms with Crippen molar-refractivity contribution < 1.29 is 19.8 Å². The Hall–Kier alpha value is -2.09. The van der Waals surface area contributed by atoms with Gasteiger partial charge in [0.25, 0.3) is 6.47 Å². The summed E-state index contributed by atoms with van der Waals surface area (Å²) in [6.07, 6.45) is 5.23. The minimum absolute atomic E-state index is 0.170. The van der Waals surface area contributed by atoms with Gasteiger partial charge in [-0.25, -0.2) is 9.78 Å². The standard InChI is InChI=1S/C14H24N4O2.CH2O2/c1-10(2)13(16-14(19)20)12-8-18(9-15-12)7-11-5-4-6-17(11)3;2-1-3/h8-11,13,16H,4-7H2,1-3H3,(H,19,20);1H,(H,2,3)/t11-,13?;/m0./s1. The summed E-state index contributed by atoms with van der Waals surface area (Å²) in [6.45, 7) is 5.80. The van der Waals surface area contributed by atoms with E-state index in [4.69, 9.17) is 15.0 Å². The first-order valence-corrected chi connectivity index (χ1v) is 7.68. The van der Waals surface area contributed by atoms with Gasteiger partial charge in [0.1, 0.15) is 0 Å². The maximum Gasteiger partial charge on any atom is 0.405 e. The minimum atomic E-state index is -1.01. The number of rotatable bonds is 5. The number of hydrogen-bond donors (Lipinski definition) is 3. The smallest absolute Gasteiger partial charge is 0.405 e. The lowest BCUT2D eigenvalue weighted by Crippen LogP contribution is -2.30. The summed E-state index contributed by atoms with van der Waals surface area (Å²) in [5.41, 5.74) is 0.794. The van der Waals surface area contributed by atoms with E-state index in [1.54, 1.807) is 6.33 Å². The molecule has 2 rings (SSSR count). The number of carboxylic acid groups (broad SMARTS) is 2. The normalized spacial score (nSPS) is 19.0. The summed E-state index contributed by atoms with van der Waals surface area (Å²) in [4.78, 5) is 26.0. The summed E-state index contributed by atoms with van der Waals surface area (Å²) >= 11 is 0. The van der Waals surface area contributed by atoms with Crippen LogP contribution in [-0.2, 0) is 11.3 Å². The maximum absolute atomic E-state index is 10.9. The van der Waals surface area contributed by atoms with E-state index in [2.05, 4.69) is 26.8 Å².